The van der Waals surface area contributed by atoms with Gasteiger partial charge in [-0.2, -0.15) is 0 Å². The molecule has 0 amide bonds. The molecular formula is C21H18O5. The van der Waals surface area contributed by atoms with E-state index in [4.69, 9.17) is 9.15 Å². The second-order valence-electron chi connectivity index (χ2n) is 5.69. The molecule has 0 unspecified atom stereocenters. The molecule has 0 aliphatic heterocycles. The first-order valence-corrected chi connectivity index (χ1v) is 8.26. The Morgan fingerprint density at radius 1 is 1.12 bits per heavy atom. The molecule has 0 aliphatic rings. The number of carbonyl (C=O) groups excluding carboxylic acids is 1. The smallest absolute Gasteiger partial charge is 0.343 e. The largest absolute Gasteiger partial charge is 0.507 e. The van der Waals surface area contributed by atoms with Gasteiger partial charge in [-0.15, -0.1) is 0 Å². The summed E-state index contributed by atoms with van der Waals surface area (Å²) in [4.78, 5) is 24.6. The predicted octanol–water partition coefficient (Wildman–Crippen LogP) is 3.69. The van der Waals surface area contributed by atoms with Gasteiger partial charge in [-0.05, 0) is 30.7 Å². The van der Waals surface area contributed by atoms with E-state index >= 15 is 0 Å². The van der Waals surface area contributed by atoms with Crippen LogP contribution < -0.4 is 5.63 Å². The summed E-state index contributed by atoms with van der Waals surface area (Å²) >= 11 is 0. The standard InChI is InChI=1S/C21H18O5/c1-2-25-20(23)15(12-14-8-4-3-5-9-14)13-17-19(22)16-10-6-7-11-18(16)26-21(17)24/h3-12,22H,2,13H2,1H3/b15-12+. The van der Waals surface area contributed by atoms with E-state index in [0.29, 0.717) is 11.0 Å². The number of fused-ring (bicyclic) bond motifs is 1. The average molecular weight is 350 g/mol. The number of para-hydroxylation sites is 1. The third kappa shape index (κ3) is 3.67. The third-order valence-corrected chi connectivity index (χ3v) is 3.92. The van der Waals surface area contributed by atoms with Gasteiger partial charge in [0.05, 0.1) is 17.6 Å². The zero-order valence-corrected chi connectivity index (χ0v) is 14.3. The summed E-state index contributed by atoms with van der Waals surface area (Å²) in [6.45, 7) is 1.92. The zero-order valence-electron chi connectivity index (χ0n) is 14.3. The summed E-state index contributed by atoms with van der Waals surface area (Å²) in [5.41, 5.74) is 0.697. The number of carbonyl (C=O) groups is 1. The SMILES string of the molecule is CCOC(=O)/C(=C/c1ccccc1)Cc1c(O)c2ccccc2oc1=O. The molecule has 0 saturated heterocycles. The Kier molecular flexibility index (Phi) is 5.17. The molecule has 2 aromatic carbocycles. The molecule has 0 atom stereocenters. The first kappa shape index (κ1) is 17.5. The Morgan fingerprint density at radius 3 is 2.54 bits per heavy atom. The molecule has 0 saturated carbocycles. The predicted molar refractivity (Wildman–Crippen MR) is 98.9 cm³/mol. The second kappa shape index (κ2) is 7.70. The van der Waals surface area contributed by atoms with Gasteiger partial charge in [-0.25, -0.2) is 9.59 Å². The van der Waals surface area contributed by atoms with Crippen molar-refractivity contribution in [2.45, 2.75) is 13.3 Å². The van der Waals surface area contributed by atoms with Crippen LogP contribution in [0, 0.1) is 0 Å². The monoisotopic (exact) mass is 350 g/mol. The van der Waals surface area contributed by atoms with Crippen molar-refractivity contribution in [3.63, 3.8) is 0 Å². The van der Waals surface area contributed by atoms with E-state index in [0.717, 1.165) is 5.56 Å². The molecular weight excluding hydrogens is 332 g/mol. The second-order valence-corrected chi connectivity index (χ2v) is 5.69. The Bertz CT molecular complexity index is 1020. The lowest BCUT2D eigenvalue weighted by Gasteiger charge is -2.09. The molecule has 5 nitrogen and oxygen atoms in total. The van der Waals surface area contributed by atoms with Crippen molar-refractivity contribution in [2.75, 3.05) is 6.61 Å². The van der Waals surface area contributed by atoms with Crippen LogP contribution in [0.5, 0.6) is 5.75 Å². The van der Waals surface area contributed by atoms with Crippen molar-refractivity contribution in [3.8, 4) is 5.75 Å². The number of esters is 1. The van der Waals surface area contributed by atoms with Gasteiger partial charge < -0.3 is 14.3 Å². The van der Waals surface area contributed by atoms with Gasteiger partial charge in [0.15, 0.2) is 0 Å². The highest BCUT2D eigenvalue weighted by Crippen LogP contribution is 2.28. The van der Waals surface area contributed by atoms with Gasteiger partial charge in [-0.3, -0.25) is 0 Å². The van der Waals surface area contributed by atoms with Crippen molar-refractivity contribution in [1.29, 1.82) is 0 Å². The fourth-order valence-corrected chi connectivity index (χ4v) is 2.67. The fraction of sp³-hybridized carbons (Fsp3) is 0.143. The van der Waals surface area contributed by atoms with Gasteiger partial charge >= 0.3 is 11.6 Å². The van der Waals surface area contributed by atoms with Crippen molar-refractivity contribution >= 4 is 23.0 Å². The maximum atomic E-state index is 12.3. The van der Waals surface area contributed by atoms with Crippen molar-refractivity contribution < 1.29 is 19.1 Å². The van der Waals surface area contributed by atoms with E-state index in [-0.39, 0.29) is 29.9 Å². The molecule has 0 radical (unpaired) electrons. The number of aromatic hydroxyl groups is 1. The Morgan fingerprint density at radius 2 is 1.81 bits per heavy atom. The molecule has 0 spiro atoms. The van der Waals surface area contributed by atoms with Gasteiger partial charge in [0.2, 0.25) is 0 Å². The molecule has 3 aromatic rings. The Labute approximate surface area is 150 Å². The maximum absolute atomic E-state index is 12.3. The third-order valence-electron chi connectivity index (χ3n) is 3.92. The lowest BCUT2D eigenvalue weighted by Crippen LogP contribution is -2.15. The topological polar surface area (TPSA) is 76.7 Å². The van der Waals surface area contributed by atoms with Crippen molar-refractivity contribution in [3.05, 3.63) is 81.7 Å². The van der Waals surface area contributed by atoms with Gasteiger partial charge in [0.1, 0.15) is 11.3 Å². The van der Waals surface area contributed by atoms with Crippen LogP contribution in [0.3, 0.4) is 0 Å². The number of hydrogen-bond donors (Lipinski definition) is 1. The van der Waals surface area contributed by atoms with Crippen LogP contribution in [0.25, 0.3) is 17.0 Å². The lowest BCUT2D eigenvalue weighted by molar-refractivity contribution is -0.138. The van der Waals surface area contributed by atoms with E-state index in [9.17, 15) is 14.7 Å². The molecule has 0 fully saturated rings. The highest BCUT2D eigenvalue weighted by Gasteiger charge is 2.19. The number of rotatable bonds is 5. The fourth-order valence-electron chi connectivity index (χ4n) is 2.67. The molecule has 132 valence electrons. The molecule has 5 heteroatoms. The highest BCUT2D eigenvalue weighted by atomic mass is 16.5. The molecule has 3 rings (SSSR count). The number of ether oxygens (including phenoxy) is 1. The highest BCUT2D eigenvalue weighted by molar-refractivity contribution is 5.94. The van der Waals surface area contributed by atoms with Gasteiger partial charge in [-0.1, -0.05) is 42.5 Å². The summed E-state index contributed by atoms with van der Waals surface area (Å²) < 4.78 is 10.4. The number of benzene rings is 2. The summed E-state index contributed by atoms with van der Waals surface area (Å²) in [5.74, 6) is -0.719. The average Bonchev–Trinajstić information content (AvgIpc) is 2.65. The van der Waals surface area contributed by atoms with Crippen LogP contribution in [0.15, 0.2) is 69.4 Å². The van der Waals surface area contributed by atoms with E-state index in [1.165, 1.54) is 0 Å². The minimum absolute atomic E-state index is 0.0268. The molecule has 0 aliphatic carbocycles. The van der Waals surface area contributed by atoms with Crippen LogP contribution >= 0.6 is 0 Å². The summed E-state index contributed by atoms with van der Waals surface area (Å²) in [7, 11) is 0. The summed E-state index contributed by atoms with van der Waals surface area (Å²) in [6.07, 6.45) is 1.55. The Hall–Kier alpha value is -3.34. The van der Waals surface area contributed by atoms with Crippen molar-refractivity contribution in [2.24, 2.45) is 0 Å². The first-order chi connectivity index (χ1) is 12.6. The lowest BCUT2D eigenvalue weighted by atomic mass is 10.0. The van der Waals surface area contributed by atoms with Gasteiger partial charge in [0, 0.05) is 12.0 Å². The van der Waals surface area contributed by atoms with Crippen LogP contribution in [-0.4, -0.2) is 17.7 Å². The Balaban J connectivity index is 2.07. The minimum Gasteiger partial charge on any atom is -0.507 e. The summed E-state index contributed by atoms with van der Waals surface area (Å²) in [5, 5.41) is 10.9. The molecule has 1 N–H and O–H groups in total. The van der Waals surface area contributed by atoms with Crippen LogP contribution in [-0.2, 0) is 16.0 Å². The van der Waals surface area contributed by atoms with Crippen LogP contribution in [0.1, 0.15) is 18.1 Å². The molecule has 1 heterocycles. The maximum Gasteiger partial charge on any atom is 0.343 e. The van der Waals surface area contributed by atoms with Crippen molar-refractivity contribution in [1.82, 2.24) is 0 Å². The molecule has 26 heavy (non-hydrogen) atoms. The van der Waals surface area contributed by atoms with Crippen LogP contribution in [0.2, 0.25) is 0 Å². The van der Waals surface area contributed by atoms with Crippen LogP contribution in [0.4, 0.5) is 0 Å². The van der Waals surface area contributed by atoms with E-state index < -0.39 is 11.6 Å². The van der Waals surface area contributed by atoms with E-state index in [1.807, 2.05) is 30.3 Å². The molecule has 1 aromatic heterocycles. The normalized spacial score (nSPS) is 11.5. The molecule has 0 bridgehead atoms. The summed E-state index contributed by atoms with van der Waals surface area (Å²) in [6, 6.07) is 15.9. The number of hydrogen-bond acceptors (Lipinski definition) is 5. The quantitative estimate of drug-likeness (QED) is 0.431. The van der Waals surface area contributed by atoms with E-state index in [1.54, 1.807) is 37.3 Å². The van der Waals surface area contributed by atoms with E-state index in [2.05, 4.69) is 0 Å². The minimum atomic E-state index is -0.676. The first-order valence-electron chi connectivity index (χ1n) is 8.26. The van der Waals surface area contributed by atoms with Gasteiger partial charge in [0.25, 0.3) is 0 Å². The zero-order chi connectivity index (χ0) is 18.5.